The van der Waals surface area contributed by atoms with Gasteiger partial charge in [-0.3, -0.25) is 14.8 Å². The minimum absolute atomic E-state index is 0.000368. The second kappa shape index (κ2) is 6.60. The van der Waals surface area contributed by atoms with E-state index < -0.39 is 5.92 Å². The van der Waals surface area contributed by atoms with Crippen molar-refractivity contribution in [3.63, 3.8) is 0 Å². The number of carbonyl (C=O) groups is 1. The largest absolute Gasteiger partial charge is 0.733 e. The Morgan fingerprint density at radius 3 is 2.86 bits per heavy atom. The van der Waals surface area contributed by atoms with Crippen molar-refractivity contribution in [1.82, 2.24) is 4.57 Å². The fraction of sp³-hybridized carbons (Fsp3) is 0.429. The lowest BCUT2D eigenvalue weighted by Gasteiger charge is -2.54. The topological polar surface area (TPSA) is 98.1 Å². The molecule has 1 N–H and O–H groups in total. The van der Waals surface area contributed by atoms with Crippen LogP contribution in [0, 0.1) is 17.0 Å². The van der Waals surface area contributed by atoms with Gasteiger partial charge >= 0.3 is 5.97 Å². The number of fused-ring (bicyclic) bond motifs is 8. The van der Waals surface area contributed by atoms with E-state index in [1.54, 1.807) is 24.3 Å². The molecule has 0 spiro atoms. The van der Waals surface area contributed by atoms with Gasteiger partial charge < -0.3 is 24.6 Å². The number of piperidine rings is 1. The molecule has 4 atom stereocenters. The SMILES string of the molecule is COC(=O)[C@H]1Cc2cc(N([O-])O)ccc2N2C[C@@H]3C[C@H](Cn4c3cccc4=O)[C@@H]12. The zero-order valence-electron chi connectivity index (χ0n) is 16.0. The standard InChI is InChI=1S/C21H22N3O5/c1-29-21(26)16-9-12-8-15(24(27)28)5-6-18(12)23-10-13-7-14(20(16)23)11-22-17(13)3-2-4-19(22)25/h2-6,8,13-14,16,20,27H,7,9-11H2,1H3/q-1/t13-,14+,16-,20-/m0/s1. The summed E-state index contributed by atoms with van der Waals surface area (Å²) in [4.78, 5) is 27.4. The van der Waals surface area contributed by atoms with E-state index in [2.05, 4.69) is 4.90 Å². The van der Waals surface area contributed by atoms with Crippen molar-refractivity contribution >= 4 is 17.3 Å². The van der Waals surface area contributed by atoms with Gasteiger partial charge in [-0.05, 0) is 48.6 Å². The third kappa shape index (κ3) is 2.74. The van der Waals surface area contributed by atoms with Crippen molar-refractivity contribution in [3.8, 4) is 0 Å². The summed E-state index contributed by atoms with van der Waals surface area (Å²) >= 11 is 0. The number of ether oxygens (including phenoxy) is 1. The highest BCUT2D eigenvalue weighted by atomic mass is 16.8. The summed E-state index contributed by atoms with van der Waals surface area (Å²) in [5.41, 5.74) is 2.99. The average Bonchev–Trinajstić information content (AvgIpc) is 2.73. The summed E-state index contributed by atoms with van der Waals surface area (Å²) in [6, 6.07) is 10.4. The van der Waals surface area contributed by atoms with Crippen molar-refractivity contribution in [2.75, 3.05) is 23.8 Å². The van der Waals surface area contributed by atoms with Gasteiger partial charge in [0.25, 0.3) is 5.56 Å². The maximum atomic E-state index is 12.7. The molecule has 3 aliphatic rings. The Hall–Kier alpha value is -2.84. The highest BCUT2D eigenvalue weighted by Gasteiger charge is 2.49. The summed E-state index contributed by atoms with van der Waals surface area (Å²) in [5, 5.41) is 20.5. The molecule has 0 radical (unpaired) electrons. The van der Waals surface area contributed by atoms with E-state index >= 15 is 0 Å². The van der Waals surface area contributed by atoms with Gasteiger partial charge in [0.15, 0.2) is 0 Å². The van der Waals surface area contributed by atoms with Crippen LogP contribution in [-0.4, -0.2) is 35.4 Å². The van der Waals surface area contributed by atoms with Crippen LogP contribution < -0.4 is 15.7 Å². The zero-order chi connectivity index (χ0) is 20.3. The summed E-state index contributed by atoms with van der Waals surface area (Å²) in [7, 11) is 1.39. The molecule has 5 rings (SSSR count). The second-order valence-electron chi connectivity index (χ2n) is 8.15. The van der Waals surface area contributed by atoms with Crippen LogP contribution in [-0.2, 0) is 22.5 Å². The molecule has 2 bridgehead atoms. The summed E-state index contributed by atoms with van der Waals surface area (Å²) in [5.74, 6) is -0.346. The van der Waals surface area contributed by atoms with E-state index in [4.69, 9.17) is 4.74 Å². The number of benzene rings is 1. The molecular weight excluding hydrogens is 374 g/mol. The van der Waals surface area contributed by atoms with E-state index in [1.165, 1.54) is 7.11 Å². The van der Waals surface area contributed by atoms with Crippen LogP contribution in [0.25, 0.3) is 0 Å². The lowest BCUT2D eigenvalue weighted by Crippen LogP contribution is -2.60. The van der Waals surface area contributed by atoms with Gasteiger partial charge in [0.1, 0.15) is 0 Å². The van der Waals surface area contributed by atoms with Crippen LogP contribution >= 0.6 is 0 Å². The van der Waals surface area contributed by atoms with E-state index in [1.807, 2.05) is 16.7 Å². The number of nitrogens with zero attached hydrogens (tertiary/aromatic N) is 3. The van der Waals surface area contributed by atoms with Gasteiger partial charge in [-0.1, -0.05) is 6.07 Å². The van der Waals surface area contributed by atoms with Gasteiger partial charge in [-0.25, -0.2) is 0 Å². The van der Waals surface area contributed by atoms with Crippen LogP contribution in [0.3, 0.4) is 0 Å². The Labute approximate surface area is 167 Å². The number of methoxy groups -OCH3 is 1. The first kappa shape index (κ1) is 18.2. The molecule has 0 aliphatic carbocycles. The quantitative estimate of drug-likeness (QED) is 0.611. The number of rotatable bonds is 2. The number of hydrogen-bond acceptors (Lipinski definition) is 7. The Bertz CT molecular complexity index is 1030. The summed E-state index contributed by atoms with van der Waals surface area (Å²) < 4.78 is 6.96. The Kier molecular flexibility index (Phi) is 4.15. The van der Waals surface area contributed by atoms with Crippen molar-refractivity contribution in [2.45, 2.75) is 31.3 Å². The van der Waals surface area contributed by atoms with Crippen molar-refractivity contribution in [1.29, 1.82) is 0 Å². The van der Waals surface area contributed by atoms with Crippen LogP contribution in [0.1, 0.15) is 23.6 Å². The molecule has 8 heteroatoms. The fourth-order valence-corrected chi connectivity index (χ4v) is 5.58. The molecule has 0 saturated carbocycles. The molecule has 4 heterocycles. The molecule has 1 fully saturated rings. The third-order valence-corrected chi connectivity index (χ3v) is 6.72. The fourth-order valence-electron chi connectivity index (χ4n) is 5.58. The minimum atomic E-state index is -0.395. The predicted octanol–water partition coefficient (Wildman–Crippen LogP) is 1.88. The lowest BCUT2D eigenvalue weighted by molar-refractivity contribution is -0.147. The Morgan fingerprint density at radius 1 is 1.28 bits per heavy atom. The first-order valence-corrected chi connectivity index (χ1v) is 9.81. The molecule has 0 amide bonds. The van der Waals surface area contributed by atoms with Gasteiger partial charge in [0, 0.05) is 42.5 Å². The summed E-state index contributed by atoms with van der Waals surface area (Å²) in [6.07, 6.45) is 1.36. The van der Waals surface area contributed by atoms with Crippen molar-refractivity contribution in [2.24, 2.45) is 11.8 Å². The number of esters is 1. The van der Waals surface area contributed by atoms with Gasteiger partial charge in [-0.2, -0.15) is 0 Å². The molecule has 1 saturated heterocycles. The average molecular weight is 396 g/mol. The number of hydrogen-bond donors (Lipinski definition) is 1. The smallest absolute Gasteiger partial charge is 0.311 e. The molecule has 1 aromatic carbocycles. The predicted molar refractivity (Wildman–Crippen MR) is 106 cm³/mol. The van der Waals surface area contributed by atoms with Crippen LogP contribution in [0.2, 0.25) is 0 Å². The van der Waals surface area contributed by atoms with Crippen LogP contribution in [0.5, 0.6) is 0 Å². The lowest BCUT2D eigenvalue weighted by atomic mass is 9.70. The molecule has 3 aliphatic heterocycles. The van der Waals surface area contributed by atoms with Crippen molar-refractivity contribution < 1.29 is 14.7 Å². The number of pyridine rings is 1. The van der Waals surface area contributed by atoms with E-state index in [0.29, 0.717) is 19.5 Å². The maximum Gasteiger partial charge on any atom is 0.311 e. The van der Waals surface area contributed by atoms with E-state index in [0.717, 1.165) is 23.4 Å². The molecule has 2 aromatic rings. The molecule has 1 aromatic heterocycles. The van der Waals surface area contributed by atoms with Gasteiger partial charge in [-0.15, -0.1) is 0 Å². The van der Waals surface area contributed by atoms with E-state index in [-0.39, 0.29) is 40.3 Å². The number of aromatic nitrogens is 1. The summed E-state index contributed by atoms with van der Waals surface area (Å²) in [6.45, 7) is 1.27. The maximum absolute atomic E-state index is 12.7. The first-order valence-electron chi connectivity index (χ1n) is 9.81. The highest BCUT2D eigenvalue weighted by molar-refractivity contribution is 5.78. The van der Waals surface area contributed by atoms with Gasteiger partial charge in [0.05, 0.1) is 18.7 Å². The van der Waals surface area contributed by atoms with Crippen LogP contribution in [0.4, 0.5) is 11.4 Å². The van der Waals surface area contributed by atoms with Crippen molar-refractivity contribution in [3.05, 3.63) is 63.2 Å². The monoisotopic (exact) mass is 396 g/mol. The molecular formula is C21H22N3O5-. The first-order chi connectivity index (χ1) is 14.0. The molecule has 8 nitrogen and oxygen atoms in total. The Balaban J connectivity index is 1.62. The third-order valence-electron chi connectivity index (χ3n) is 6.72. The normalized spacial score (nSPS) is 26.8. The van der Waals surface area contributed by atoms with Crippen LogP contribution in [0.15, 0.2) is 41.2 Å². The molecule has 29 heavy (non-hydrogen) atoms. The molecule has 152 valence electrons. The second-order valence-corrected chi connectivity index (χ2v) is 8.15. The Morgan fingerprint density at radius 2 is 2.10 bits per heavy atom. The van der Waals surface area contributed by atoms with Gasteiger partial charge in [0.2, 0.25) is 0 Å². The van der Waals surface area contributed by atoms with E-state index in [9.17, 15) is 20.0 Å². The zero-order valence-corrected chi connectivity index (χ0v) is 16.0. The number of anilines is 2. The highest BCUT2D eigenvalue weighted by Crippen LogP contribution is 2.47. The minimum Gasteiger partial charge on any atom is -0.733 e. The molecule has 0 unspecified atom stereocenters. The number of carbonyl (C=O) groups excluding carboxylic acids is 1.